The number of alkyl halides is 4. The van der Waals surface area contributed by atoms with Gasteiger partial charge in [-0.2, -0.15) is 8.78 Å². The third-order valence-corrected chi connectivity index (χ3v) is 1.39. The van der Waals surface area contributed by atoms with Gasteiger partial charge in [0, 0.05) is 6.42 Å². The molecule has 0 heterocycles. The van der Waals surface area contributed by atoms with Crippen LogP contribution in [0.1, 0.15) is 13.3 Å². The van der Waals surface area contributed by atoms with Crippen LogP contribution < -0.4 is 5.73 Å². The van der Waals surface area contributed by atoms with Crippen molar-refractivity contribution in [3.8, 4) is 0 Å². The Balaban J connectivity index is 3.87. The van der Waals surface area contributed by atoms with E-state index >= 15 is 0 Å². The Morgan fingerprint density at radius 2 is 2.00 bits per heavy atom. The van der Waals surface area contributed by atoms with Crippen molar-refractivity contribution >= 4 is 5.84 Å². The standard InChI is InChI=1S/C7H12F4N2O/c1-4(2-5(12)13)14-3-7(10,11)6(8)9/h4,6H,2-3H2,1H3,(H3,12,13). The summed E-state index contributed by atoms with van der Waals surface area (Å²) in [7, 11) is 0. The Morgan fingerprint density at radius 3 is 2.36 bits per heavy atom. The van der Waals surface area contributed by atoms with Crippen molar-refractivity contribution in [1.29, 1.82) is 5.41 Å². The molecule has 0 fully saturated rings. The van der Waals surface area contributed by atoms with Crippen LogP contribution in [0.2, 0.25) is 0 Å². The number of nitrogens with two attached hydrogens (primary N) is 1. The quantitative estimate of drug-likeness (QED) is 0.402. The minimum Gasteiger partial charge on any atom is -0.388 e. The number of ether oxygens (including phenoxy) is 1. The maximum atomic E-state index is 12.3. The summed E-state index contributed by atoms with van der Waals surface area (Å²) in [6, 6.07) is 0. The van der Waals surface area contributed by atoms with Gasteiger partial charge < -0.3 is 10.5 Å². The van der Waals surface area contributed by atoms with Gasteiger partial charge >= 0.3 is 12.3 Å². The first kappa shape index (κ1) is 13.2. The molecule has 0 aromatic heterocycles. The van der Waals surface area contributed by atoms with Crippen LogP contribution in [0.3, 0.4) is 0 Å². The minimum absolute atomic E-state index is 0.0562. The highest BCUT2D eigenvalue weighted by Gasteiger charge is 2.41. The zero-order valence-corrected chi connectivity index (χ0v) is 7.57. The van der Waals surface area contributed by atoms with E-state index in [0.29, 0.717) is 0 Å². The summed E-state index contributed by atoms with van der Waals surface area (Å²) in [5.74, 6) is -4.39. The lowest BCUT2D eigenvalue weighted by atomic mass is 10.2. The molecule has 0 aliphatic rings. The molecule has 0 aromatic carbocycles. The van der Waals surface area contributed by atoms with Gasteiger partial charge in [0.05, 0.1) is 11.9 Å². The average molecular weight is 216 g/mol. The van der Waals surface area contributed by atoms with E-state index in [1.165, 1.54) is 6.92 Å². The van der Waals surface area contributed by atoms with Crippen LogP contribution in [0, 0.1) is 5.41 Å². The molecular formula is C7H12F4N2O. The van der Waals surface area contributed by atoms with E-state index in [0.717, 1.165) is 0 Å². The van der Waals surface area contributed by atoms with E-state index < -0.39 is 25.1 Å². The highest BCUT2D eigenvalue weighted by molar-refractivity contribution is 5.77. The third-order valence-electron chi connectivity index (χ3n) is 1.39. The van der Waals surface area contributed by atoms with E-state index in [4.69, 9.17) is 11.1 Å². The van der Waals surface area contributed by atoms with E-state index in [1.807, 2.05) is 0 Å². The van der Waals surface area contributed by atoms with Crippen molar-refractivity contribution in [2.45, 2.75) is 31.8 Å². The predicted molar refractivity (Wildman–Crippen MR) is 42.9 cm³/mol. The topological polar surface area (TPSA) is 59.1 Å². The second-order valence-electron chi connectivity index (χ2n) is 2.91. The molecule has 3 N–H and O–H groups in total. The predicted octanol–water partition coefficient (Wildman–Crippen LogP) is 1.62. The maximum Gasteiger partial charge on any atom is 0.330 e. The minimum atomic E-state index is -4.15. The van der Waals surface area contributed by atoms with Crippen molar-refractivity contribution < 1.29 is 22.3 Å². The average Bonchev–Trinajstić information content (AvgIpc) is 1.99. The summed E-state index contributed by atoms with van der Waals surface area (Å²) < 4.78 is 52.3. The van der Waals surface area contributed by atoms with E-state index in [1.54, 1.807) is 0 Å². The fourth-order valence-corrected chi connectivity index (χ4v) is 0.685. The molecular weight excluding hydrogens is 204 g/mol. The number of rotatable bonds is 6. The number of amidine groups is 1. The van der Waals surface area contributed by atoms with Gasteiger partial charge in [-0.05, 0) is 6.92 Å². The lowest BCUT2D eigenvalue weighted by Crippen LogP contribution is -2.34. The highest BCUT2D eigenvalue weighted by atomic mass is 19.3. The second kappa shape index (κ2) is 5.14. The van der Waals surface area contributed by atoms with Crippen LogP contribution in [0.5, 0.6) is 0 Å². The number of hydrogen-bond donors (Lipinski definition) is 2. The molecule has 0 rings (SSSR count). The first-order valence-corrected chi connectivity index (χ1v) is 3.86. The van der Waals surface area contributed by atoms with Crippen LogP contribution in [0.15, 0.2) is 0 Å². The van der Waals surface area contributed by atoms with Gasteiger partial charge in [-0.15, -0.1) is 0 Å². The largest absolute Gasteiger partial charge is 0.388 e. The van der Waals surface area contributed by atoms with Gasteiger partial charge in [0.2, 0.25) is 0 Å². The summed E-state index contributed by atoms with van der Waals surface area (Å²) in [6.45, 7) is 0.0159. The van der Waals surface area contributed by atoms with Crippen LogP contribution >= 0.6 is 0 Å². The van der Waals surface area contributed by atoms with Gasteiger partial charge in [0.1, 0.15) is 6.61 Å². The second-order valence-corrected chi connectivity index (χ2v) is 2.91. The lowest BCUT2D eigenvalue weighted by Gasteiger charge is -2.18. The highest BCUT2D eigenvalue weighted by Crippen LogP contribution is 2.23. The molecule has 0 aliphatic carbocycles. The smallest absolute Gasteiger partial charge is 0.330 e. The zero-order valence-electron chi connectivity index (χ0n) is 7.57. The number of halogens is 4. The van der Waals surface area contributed by atoms with Crippen molar-refractivity contribution in [2.24, 2.45) is 5.73 Å². The molecule has 0 aliphatic heterocycles. The van der Waals surface area contributed by atoms with Crippen molar-refractivity contribution in [3.05, 3.63) is 0 Å². The van der Waals surface area contributed by atoms with Gasteiger partial charge in [-0.3, -0.25) is 5.41 Å². The zero-order chi connectivity index (χ0) is 11.4. The molecule has 0 bridgehead atoms. The van der Waals surface area contributed by atoms with E-state index in [2.05, 4.69) is 4.74 Å². The first-order chi connectivity index (χ1) is 6.25. The van der Waals surface area contributed by atoms with Gasteiger partial charge in [0.15, 0.2) is 0 Å². The van der Waals surface area contributed by atoms with E-state index in [9.17, 15) is 17.6 Å². The molecule has 0 amide bonds. The Kier molecular flexibility index (Phi) is 4.82. The van der Waals surface area contributed by atoms with E-state index in [-0.39, 0.29) is 12.3 Å². The molecule has 14 heavy (non-hydrogen) atoms. The Morgan fingerprint density at radius 1 is 1.50 bits per heavy atom. The third kappa shape index (κ3) is 5.00. The van der Waals surface area contributed by atoms with Crippen LogP contribution in [-0.4, -0.2) is 30.9 Å². The fraction of sp³-hybridized carbons (Fsp3) is 0.857. The summed E-state index contributed by atoms with van der Waals surface area (Å²) in [6.07, 6.45) is -4.57. The summed E-state index contributed by atoms with van der Waals surface area (Å²) >= 11 is 0. The molecule has 0 spiro atoms. The molecule has 0 saturated heterocycles. The van der Waals surface area contributed by atoms with Crippen LogP contribution in [0.25, 0.3) is 0 Å². The molecule has 1 unspecified atom stereocenters. The Bertz CT molecular complexity index is 198. The molecule has 84 valence electrons. The molecule has 0 aromatic rings. The molecule has 3 nitrogen and oxygen atoms in total. The lowest BCUT2D eigenvalue weighted by molar-refractivity contribution is -0.173. The number of nitrogens with one attached hydrogen (secondary N) is 1. The van der Waals surface area contributed by atoms with Crippen molar-refractivity contribution in [1.82, 2.24) is 0 Å². The van der Waals surface area contributed by atoms with Crippen molar-refractivity contribution in [3.63, 3.8) is 0 Å². The molecule has 0 radical (unpaired) electrons. The number of hydrogen-bond acceptors (Lipinski definition) is 2. The molecule has 0 saturated carbocycles. The first-order valence-electron chi connectivity index (χ1n) is 3.86. The SMILES string of the molecule is CC(CC(=N)N)OCC(F)(F)C(F)F. The van der Waals surface area contributed by atoms with Crippen molar-refractivity contribution in [2.75, 3.05) is 6.61 Å². The van der Waals surface area contributed by atoms with Crippen LogP contribution in [0.4, 0.5) is 17.6 Å². The maximum absolute atomic E-state index is 12.3. The molecule has 1 atom stereocenters. The van der Waals surface area contributed by atoms with Crippen LogP contribution in [-0.2, 0) is 4.74 Å². The summed E-state index contributed by atoms with van der Waals surface area (Å²) in [4.78, 5) is 0. The Hall–Kier alpha value is -0.850. The molecule has 7 heteroatoms. The van der Waals surface area contributed by atoms with Gasteiger partial charge in [-0.25, -0.2) is 8.78 Å². The summed E-state index contributed by atoms with van der Waals surface area (Å²) in [5, 5.41) is 6.81. The Labute approximate surface area is 78.7 Å². The van der Waals surface area contributed by atoms with Gasteiger partial charge in [-0.1, -0.05) is 0 Å². The summed E-state index contributed by atoms with van der Waals surface area (Å²) in [5.41, 5.74) is 4.96. The monoisotopic (exact) mass is 216 g/mol. The van der Waals surface area contributed by atoms with Gasteiger partial charge in [0.25, 0.3) is 0 Å². The normalized spacial score (nSPS) is 14.4. The fourth-order valence-electron chi connectivity index (χ4n) is 0.685.